The van der Waals surface area contributed by atoms with Gasteiger partial charge >= 0.3 is 0 Å². The van der Waals surface area contributed by atoms with Crippen molar-refractivity contribution in [2.75, 3.05) is 20.2 Å². The Hall–Kier alpha value is -0.0800. The molecule has 1 saturated heterocycles. The quantitative estimate of drug-likeness (QED) is 0.671. The van der Waals surface area contributed by atoms with E-state index < -0.39 is 0 Å². The molecule has 1 aliphatic carbocycles. The Morgan fingerprint density at radius 3 is 2.62 bits per heavy atom. The molecule has 1 atom stereocenters. The molecule has 1 unspecified atom stereocenters. The maximum atomic E-state index is 5.66. The zero-order valence-corrected chi connectivity index (χ0v) is 8.64. The van der Waals surface area contributed by atoms with Crippen LogP contribution in [0.5, 0.6) is 0 Å². The van der Waals surface area contributed by atoms with E-state index >= 15 is 0 Å². The van der Waals surface area contributed by atoms with Crippen molar-refractivity contribution >= 4 is 0 Å². The van der Waals surface area contributed by atoms with Crippen molar-refractivity contribution in [3.05, 3.63) is 0 Å². The van der Waals surface area contributed by atoms with Gasteiger partial charge in [-0.15, -0.1) is 0 Å². The van der Waals surface area contributed by atoms with Crippen molar-refractivity contribution in [2.45, 2.75) is 44.6 Å². The van der Waals surface area contributed by atoms with Crippen LogP contribution in [0.3, 0.4) is 0 Å². The first-order chi connectivity index (χ1) is 6.37. The van der Waals surface area contributed by atoms with Gasteiger partial charge in [0.15, 0.2) is 0 Å². The van der Waals surface area contributed by atoms with Crippen LogP contribution in [-0.4, -0.2) is 26.3 Å². The number of nitrogens with one attached hydrogen (secondary N) is 1. The van der Waals surface area contributed by atoms with E-state index in [2.05, 4.69) is 5.32 Å². The second-order valence-electron chi connectivity index (χ2n) is 4.58. The topological polar surface area (TPSA) is 21.3 Å². The van der Waals surface area contributed by atoms with E-state index in [1.165, 1.54) is 51.6 Å². The molecule has 0 aromatic rings. The predicted molar refractivity (Wildman–Crippen MR) is 53.8 cm³/mol. The van der Waals surface area contributed by atoms with Gasteiger partial charge in [0, 0.05) is 7.11 Å². The van der Waals surface area contributed by atoms with Crippen LogP contribution in [0.25, 0.3) is 0 Å². The van der Waals surface area contributed by atoms with E-state index in [0.717, 1.165) is 0 Å². The van der Waals surface area contributed by atoms with Crippen LogP contribution in [0.1, 0.15) is 38.5 Å². The van der Waals surface area contributed by atoms with Crippen LogP contribution in [0.4, 0.5) is 0 Å². The zero-order valence-electron chi connectivity index (χ0n) is 8.64. The second-order valence-corrected chi connectivity index (χ2v) is 4.58. The number of methoxy groups -OCH3 is 1. The Balaban J connectivity index is 2.06. The summed E-state index contributed by atoms with van der Waals surface area (Å²) < 4.78 is 5.66. The molecular weight excluding hydrogens is 162 g/mol. The first-order valence-electron chi connectivity index (χ1n) is 5.61. The molecule has 0 amide bonds. The minimum atomic E-state index is 0.540. The summed E-state index contributed by atoms with van der Waals surface area (Å²) in [5.74, 6) is 0. The maximum Gasteiger partial charge on any atom is 0.0628 e. The standard InChI is InChI=1S/C11H21NO/c1-13-10-4-2-3-5-11(10)6-8-12-9-7-11/h10,12H,2-9H2,1H3. The molecule has 13 heavy (non-hydrogen) atoms. The minimum Gasteiger partial charge on any atom is -0.381 e. The molecule has 2 rings (SSSR count). The fourth-order valence-electron chi connectivity index (χ4n) is 3.14. The fourth-order valence-corrected chi connectivity index (χ4v) is 3.14. The van der Waals surface area contributed by atoms with Crippen LogP contribution < -0.4 is 5.32 Å². The van der Waals surface area contributed by atoms with E-state index in [9.17, 15) is 0 Å². The molecule has 1 N–H and O–H groups in total. The van der Waals surface area contributed by atoms with Gasteiger partial charge in [-0.2, -0.15) is 0 Å². The molecule has 0 aromatic heterocycles. The molecule has 0 radical (unpaired) electrons. The van der Waals surface area contributed by atoms with Crippen molar-refractivity contribution in [3.63, 3.8) is 0 Å². The zero-order chi connectivity index (χ0) is 9.15. The smallest absolute Gasteiger partial charge is 0.0628 e. The third-order valence-corrected chi connectivity index (χ3v) is 3.96. The van der Waals surface area contributed by atoms with Crippen LogP contribution in [0, 0.1) is 5.41 Å². The van der Waals surface area contributed by atoms with Crippen molar-refractivity contribution in [1.29, 1.82) is 0 Å². The molecule has 0 bridgehead atoms. The highest BCUT2D eigenvalue weighted by atomic mass is 16.5. The summed E-state index contributed by atoms with van der Waals surface area (Å²) in [6, 6.07) is 0. The summed E-state index contributed by atoms with van der Waals surface area (Å²) in [7, 11) is 1.89. The van der Waals surface area contributed by atoms with Gasteiger partial charge in [0.05, 0.1) is 6.10 Å². The Labute approximate surface area is 81.0 Å². The third kappa shape index (κ3) is 1.75. The molecule has 2 nitrogen and oxygen atoms in total. The number of rotatable bonds is 1. The molecule has 2 aliphatic rings. The third-order valence-electron chi connectivity index (χ3n) is 3.96. The number of hydrogen-bond acceptors (Lipinski definition) is 2. The van der Waals surface area contributed by atoms with E-state index in [0.29, 0.717) is 11.5 Å². The first-order valence-corrected chi connectivity index (χ1v) is 5.61. The maximum absolute atomic E-state index is 5.66. The number of hydrogen-bond donors (Lipinski definition) is 1. The summed E-state index contributed by atoms with van der Waals surface area (Å²) in [6.45, 7) is 2.39. The number of piperidine rings is 1. The molecule has 1 spiro atoms. The molecule has 1 saturated carbocycles. The van der Waals surface area contributed by atoms with Crippen LogP contribution in [-0.2, 0) is 4.74 Å². The summed E-state index contributed by atoms with van der Waals surface area (Å²) >= 11 is 0. The molecule has 1 heterocycles. The average molecular weight is 183 g/mol. The highest BCUT2D eigenvalue weighted by Gasteiger charge is 2.41. The Bertz CT molecular complexity index is 155. The van der Waals surface area contributed by atoms with E-state index in [1.807, 2.05) is 7.11 Å². The van der Waals surface area contributed by atoms with Gasteiger partial charge in [-0.05, 0) is 44.2 Å². The van der Waals surface area contributed by atoms with Crippen molar-refractivity contribution in [3.8, 4) is 0 Å². The van der Waals surface area contributed by atoms with Crippen LogP contribution in [0.15, 0.2) is 0 Å². The Morgan fingerprint density at radius 2 is 1.92 bits per heavy atom. The van der Waals surface area contributed by atoms with E-state index in [-0.39, 0.29) is 0 Å². The van der Waals surface area contributed by atoms with Crippen LogP contribution >= 0.6 is 0 Å². The normalized spacial score (nSPS) is 33.5. The summed E-state index contributed by atoms with van der Waals surface area (Å²) in [5, 5.41) is 3.45. The second kappa shape index (κ2) is 3.97. The van der Waals surface area contributed by atoms with Gasteiger partial charge < -0.3 is 10.1 Å². The molecular formula is C11H21NO. The predicted octanol–water partition coefficient (Wildman–Crippen LogP) is 1.95. The molecule has 76 valence electrons. The van der Waals surface area contributed by atoms with Crippen molar-refractivity contribution < 1.29 is 4.74 Å². The van der Waals surface area contributed by atoms with Crippen molar-refractivity contribution in [2.24, 2.45) is 5.41 Å². The van der Waals surface area contributed by atoms with Gasteiger partial charge in [0.1, 0.15) is 0 Å². The van der Waals surface area contributed by atoms with Gasteiger partial charge in [-0.3, -0.25) is 0 Å². The fraction of sp³-hybridized carbons (Fsp3) is 1.00. The molecule has 2 fully saturated rings. The lowest BCUT2D eigenvalue weighted by Crippen LogP contribution is -2.46. The van der Waals surface area contributed by atoms with Gasteiger partial charge in [-0.1, -0.05) is 12.8 Å². The summed E-state index contributed by atoms with van der Waals surface area (Å²) in [4.78, 5) is 0. The van der Waals surface area contributed by atoms with Gasteiger partial charge in [-0.25, -0.2) is 0 Å². The SMILES string of the molecule is COC1CCCCC12CCNCC2. The molecule has 2 heteroatoms. The Morgan fingerprint density at radius 1 is 1.15 bits per heavy atom. The average Bonchev–Trinajstić information content (AvgIpc) is 2.20. The summed E-state index contributed by atoms with van der Waals surface area (Å²) in [6.07, 6.45) is 8.66. The van der Waals surface area contributed by atoms with E-state index in [1.54, 1.807) is 0 Å². The lowest BCUT2D eigenvalue weighted by Gasteiger charge is -2.46. The van der Waals surface area contributed by atoms with E-state index in [4.69, 9.17) is 4.74 Å². The highest BCUT2D eigenvalue weighted by molar-refractivity contribution is 4.93. The monoisotopic (exact) mass is 183 g/mol. The molecule has 0 aromatic carbocycles. The summed E-state index contributed by atoms with van der Waals surface area (Å²) in [5.41, 5.74) is 0.540. The lowest BCUT2D eigenvalue weighted by atomic mass is 9.66. The van der Waals surface area contributed by atoms with Crippen molar-refractivity contribution in [1.82, 2.24) is 5.32 Å². The van der Waals surface area contributed by atoms with Gasteiger partial charge in [0.2, 0.25) is 0 Å². The highest BCUT2D eigenvalue weighted by Crippen LogP contribution is 2.44. The van der Waals surface area contributed by atoms with Gasteiger partial charge in [0.25, 0.3) is 0 Å². The largest absolute Gasteiger partial charge is 0.381 e. The van der Waals surface area contributed by atoms with Crippen LogP contribution in [0.2, 0.25) is 0 Å². The number of ether oxygens (including phenoxy) is 1. The first kappa shape index (κ1) is 9.47. The minimum absolute atomic E-state index is 0.540. The lowest BCUT2D eigenvalue weighted by molar-refractivity contribution is -0.0593. The Kier molecular flexibility index (Phi) is 2.89. The molecule has 1 aliphatic heterocycles.